The Balaban J connectivity index is 0.00000450. The highest BCUT2D eigenvalue weighted by Gasteiger charge is 2.18. The summed E-state index contributed by atoms with van der Waals surface area (Å²) in [6.45, 7) is 12.4. The Morgan fingerprint density at radius 1 is 1.07 bits per heavy atom. The number of carbonyl (C=O) groups excluding carboxylic acids is 1. The van der Waals surface area contributed by atoms with Crippen molar-refractivity contribution < 1.29 is 19.4 Å². The van der Waals surface area contributed by atoms with Crippen LogP contribution in [0.2, 0.25) is 0 Å². The van der Waals surface area contributed by atoms with Crippen LogP contribution in [0.4, 0.5) is 0 Å². The van der Waals surface area contributed by atoms with Crippen LogP contribution in [-0.2, 0) is 4.79 Å². The maximum atomic E-state index is 12.3. The zero-order valence-corrected chi connectivity index (χ0v) is 19.5. The van der Waals surface area contributed by atoms with Gasteiger partial charge in [0.1, 0.15) is 5.75 Å². The van der Waals surface area contributed by atoms with Gasteiger partial charge in [0.15, 0.2) is 11.5 Å². The lowest BCUT2D eigenvalue weighted by Gasteiger charge is -2.23. The lowest BCUT2D eigenvalue weighted by molar-refractivity contribution is -0.135. The molecule has 0 spiro atoms. The lowest BCUT2D eigenvalue weighted by atomic mass is 10.1. The van der Waals surface area contributed by atoms with Crippen molar-refractivity contribution in [2.75, 3.05) is 6.54 Å². The molecule has 5 nitrogen and oxygen atoms in total. The van der Waals surface area contributed by atoms with Gasteiger partial charge in [0.05, 0.1) is 6.10 Å². The van der Waals surface area contributed by atoms with E-state index in [4.69, 9.17) is 9.47 Å². The van der Waals surface area contributed by atoms with Crippen LogP contribution in [0.25, 0.3) is 0 Å². The van der Waals surface area contributed by atoms with Crippen LogP contribution < -0.4 is 14.8 Å². The fourth-order valence-corrected chi connectivity index (χ4v) is 2.65. The minimum atomic E-state index is -0.731. The van der Waals surface area contributed by atoms with Crippen LogP contribution in [0.1, 0.15) is 58.3 Å². The van der Waals surface area contributed by atoms with Crippen molar-refractivity contribution in [3.63, 3.8) is 0 Å². The lowest BCUT2D eigenvalue weighted by Crippen LogP contribution is -2.38. The molecule has 0 radical (unpaired) electrons. The Morgan fingerprint density at radius 3 is 2.27 bits per heavy atom. The van der Waals surface area contributed by atoms with Crippen LogP contribution in [0.15, 0.2) is 42.5 Å². The molecule has 2 rings (SSSR count). The van der Waals surface area contributed by atoms with E-state index in [1.165, 1.54) is 0 Å². The van der Waals surface area contributed by atoms with Crippen LogP contribution >= 0.6 is 12.4 Å². The Hall–Kier alpha value is -2.08. The van der Waals surface area contributed by atoms with E-state index in [2.05, 4.69) is 5.32 Å². The first kappa shape index (κ1) is 26.0. The summed E-state index contributed by atoms with van der Waals surface area (Å²) in [6.07, 6.45) is -0.423. The minimum Gasteiger partial charge on any atom is -0.453 e. The molecule has 166 valence electrons. The maximum absolute atomic E-state index is 12.3. The molecule has 2 aromatic carbocycles. The number of hydrogen-bond donors (Lipinski definition) is 2. The number of halogens is 1. The van der Waals surface area contributed by atoms with Crippen molar-refractivity contribution >= 4 is 18.4 Å². The normalized spacial score (nSPS) is 12.3. The molecule has 0 heterocycles. The second kappa shape index (κ2) is 11.3. The summed E-state index contributed by atoms with van der Waals surface area (Å²) in [7, 11) is 0. The van der Waals surface area contributed by atoms with Crippen molar-refractivity contribution in [2.45, 2.75) is 59.6 Å². The Labute approximate surface area is 186 Å². The van der Waals surface area contributed by atoms with Gasteiger partial charge in [-0.2, -0.15) is 0 Å². The first-order chi connectivity index (χ1) is 13.5. The van der Waals surface area contributed by atoms with Gasteiger partial charge in [0.2, 0.25) is 0 Å². The summed E-state index contributed by atoms with van der Waals surface area (Å²) in [6, 6.07) is 12.8. The number of benzene rings is 2. The maximum Gasteiger partial charge on any atom is 0.311 e. The Kier molecular flexibility index (Phi) is 9.82. The smallest absolute Gasteiger partial charge is 0.311 e. The fourth-order valence-electron chi connectivity index (χ4n) is 2.65. The third-order valence-corrected chi connectivity index (χ3v) is 4.23. The van der Waals surface area contributed by atoms with Crippen LogP contribution in [0, 0.1) is 12.8 Å². The van der Waals surface area contributed by atoms with Crippen molar-refractivity contribution in [2.24, 2.45) is 5.92 Å². The minimum absolute atomic E-state index is 0. The van der Waals surface area contributed by atoms with Gasteiger partial charge in [-0.15, -0.1) is 12.4 Å². The van der Waals surface area contributed by atoms with Gasteiger partial charge in [-0.25, -0.2) is 0 Å². The fraction of sp³-hybridized carbons (Fsp3) is 0.458. The molecule has 0 saturated heterocycles. The van der Waals surface area contributed by atoms with E-state index in [9.17, 15) is 9.90 Å². The number of nitrogens with one attached hydrogen (secondary N) is 1. The molecule has 0 aliphatic heterocycles. The second-order valence-electron chi connectivity index (χ2n) is 8.84. The largest absolute Gasteiger partial charge is 0.453 e. The molecule has 0 aliphatic rings. The number of carbonyl (C=O) groups is 1. The number of ether oxygens (including phenoxy) is 2. The Morgan fingerprint density at radius 2 is 1.70 bits per heavy atom. The summed E-state index contributed by atoms with van der Waals surface area (Å²) < 4.78 is 11.5. The highest BCUT2D eigenvalue weighted by molar-refractivity contribution is 5.85. The van der Waals surface area contributed by atoms with Crippen molar-refractivity contribution in [3.05, 3.63) is 53.6 Å². The van der Waals surface area contributed by atoms with E-state index in [1.807, 2.05) is 65.8 Å². The highest BCUT2D eigenvalue weighted by atomic mass is 35.5. The van der Waals surface area contributed by atoms with Crippen LogP contribution in [-0.4, -0.2) is 23.2 Å². The number of β-amino-alcohol motifs (C(OH)–C–C–N with tert-alkyl or cyclic N) is 1. The van der Waals surface area contributed by atoms with E-state index in [0.717, 1.165) is 5.56 Å². The van der Waals surface area contributed by atoms with E-state index < -0.39 is 6.10 Å². The van der Waals surface area contributed by atoms with E-state index >= 15 is 0 Å². The summed E-state index contributed by atoms with van der Waals surface area (Å²) in [5.41, 5.74) is 1.68. The van der Waals surface area contributed by atoms with Gasteiger partial charge in [0.25, 0.3) is 0 Å². The third kappa shape index (κ3) is 8.74. The van der Waals surface area contributed by atoms with Crippen molar-refractivity contribution in [1.29, 1.82) is 0 Å². The third-order valence-electron chi connectivity index (χ3n) is 4.23. The quantitative estimate of drug-likeness (QED) is 0.418. The summed E-state index contributed by atoms with van der Waals surface area (Å²) in [5, 5.41) is 13.8. The molecule has 1 unspecified atom stereocenters. The van der Waals surface area contributed by atoms with Gasteiger partial charge >= 0.3 is 5.97 Å². The van der Waals surface area contributed by atoms with Crippen molar-refractivity contribution in [1.82, 2.24) is 5.32 Å². The summed E-state index contributed by atoms with van der Waals surface area (Å²) in [4.78, 5) is 12.3. The number of esters is 1. The molecule has 0 bridgehead atoms. The van der Waals surface area contributed by atoms with E-state index in [-0.39, 0.29) is 29.8 Å². The van der Waals surface area contributed by atoms with Gasteiger partial charge in [-0.1, -0.05) is 37.6 Å². The molecule has 0 saturated carbocycles. The van der Waals surface area contributed by atoms with Crippen LogP contribution in [0.3, 0.4) is 0 Å². The molecular weight excluding hydrogens is 402 g/mol. The monoisotopic (exact) mass is 435 g/mol. The first-order valence-electron chi connectivity index (χ1n) is 10.1. The number of aliphatic hydroxyl groups is 1. The number of aliphatic hydroxyl groups excluding tert-OH is 1. The molecule has 2 N–H and O–H groups in total. The van der Waals surface area contributed by atoms with E-state index in [1.54, 1.807) is 18.2 Å². The van der Waals surface area contributed by atoms with Gasteiger partial charge < -0.3 is 19.9 Å². The van der Waals surface area contributed by atoms with Gasteiger partial charge in [-0.05, 0) is 63.4 Å². The molecule has 6 heteroatoms. The molecule has 2 aromatic rings. The van der Waals surface area contributed by atoms with Crippen LogP contribution in [0.5, 0.6) is 17.2 Å². The molecule has 0 aromatic heterocycles. The Bertz CT molecular complexity index is 813. The first-order valence-corrected chi connectivity index (χ1v) is 10.1. The summed E-state index contributed by atoms with van der Waals surface area (Å²) >= 11 is 0. The molecule has 0 fully saturated rings. The summed E-state index contributed by atoms with van der Waals surface area (Å²) in [5.74, 6) is 1.26. The SMILES string of the molecule is Cc1ccc(Oc2ccc(C(O)CNC(C)(C)C)cc2OC(=O)CC(C)C)cc1.Cl. The van der Waals surface area contributed by atoms with Gasteiger partial charge in [0, 0.05) is 18.5 Å². The second-order valence-corrected chi connectivity index (χ2v) is 8.84. The number of rotatable bonds is 8. The predicted molar refractivity (Wildman–Crippen MR) is 123 cm³/mol. The average molecular weight is 436 g/mol. The predicted octanol–water partition coefficient (Wildman–Crippen LogP) is 5.58. The van der Waals surface area contributed by atoms with Gasteiger partial charge in [-0.3, -0.25) is 4.79 Å². The molecule has 30 heavy (non-hydrogen) atoms. The topological polar surface area (TPSA) is 67.8 Å². The molecular formula is C24H34ClNO4. The zero-order chi connectivity index (χ0) is 21.6. The highest BCUT2D eigenvalue weighted by Crippen LogP contribution is 2.34. The zero-order valence-electron chi connectivity index (χ0n) is 18.7. The number of aryl methyl sites for hydroxylation is 1. The standard InChI is InChI=1S/C24H33NO4.ClH/c1-16(2)13-23(27)29-22-14-18(20(26)15-25-24(4,5)6)9-12-21(22)28-19-10-7-17(3)8-11-19;/h7-12,14,16,20,25-26H,13,15H2,1-6H3;1H. The average Bonchev–Trinajstić information content (AvgIpc) is 2.61. The number of hydrogen-bond acceptors (Lipinski definition) is 5. The molecule has 0 amide bonds. The molecule has 0 aliphatic carbocycles. The molecule has 1 atom stereocenters. The van der Waals surface area contributed by atoms with Crippen molar-refractivity contribution in [3.8, 4) is 17.2 Å². The van der Waals surface area contributed by atoms with E-state index in [0.29, 0.717) is 35.8 Å².